The first-order chi connectivity index (χ1) is 17.2. The van der Waals surface area contributed by atoms with Gasteiger partial charge in [0.2, 0.25) is 0 Å². The van der Waals surface area contributed by atoms with E-state index in [1.54, 1.807) is 6.08 Å². The molecular weight excluding hydrogens is 472 g/mol. The van der Waals surface area contributed by atoms with E-state index in [-0.39, 0.29) is 46.7 Å². The lowest BCUT2D eigenvalue weighted by Gasteiger charge is -2.56. The van der Waals surface area contributed by atoms with Crippen LogP contribution in [0.4, 0.5) is 0 Å². The Morgan fingerprint density at radius 1 is 1.14 bits per heavy atom. The molecule has 0 amide bonds. The summed E-state index contributed by atoms with van der Waals surface area (Å²) in [5, 5.41) is 11.0. The van der Waals surface area contributed by atoms with E-state index < -0.39 is 28.7 Å². The summed E-state index contributed by atoms with van der Waals surface area (Å²) >= 11 is 0. The molecule has 3 aliphatic carbocycles. The second kappa shape index (κ2) is 8.15. The fourth-order valence-electron chi connectivity index (χ4n) is 6.70. The van der Waals surface area contributed by atoms with Gasteiger partial charge in [0.05, 0.1) is 5.60 Å². The van der Waals surface area contributed by atoms with Crippen LogP contribution in [0, 0.1) is 11.8 Å². The third kappa shape index (κ3) is 3.39. The Bertz CT molecular complexity index is 1340. The van der Waals surface area contributed by atoms with E-state index in [2.05, 4.69) is 0 Å². The lowest BCUT2D eigenvalue weighted by molar-refractivity contribution is -0.171. The summed E-state index contributed by atoms with van der Waals surface area (Å²) in [6, 6.07) is 1.30. The van der Waals surface area contributed by atoms with Crippen LogP contribution in [0.5, 0.6) is 17.2 Å². The van der Waals surface area contributed by atoms with Crippen molar-refractivity contribution in [1.29, 1.82) is 0 Å². The van der Waals surface area contributed by atoms with Crippen LogP contribution in [0.2, 0.25) is 0 Å². The van der Waals surface area contributed by atoms with Crippen molar-refractivity contribution in [3.8, 4) is 17.2 Å². The van der Waals surface area contributed by atoms with Crippen LogP contribution in [0.15, 0.2) is 41.0 Å². The molecule has 2 heterocycles. The van der Waals surface area contributed by atoms with Crippen molar-refractivity contribution >= 4 is 17.5 Å². The Kier molecular flexibility index (Phi) is 5.61. The molecule has 4 bridgehead atoms. The number of carbonyl (C=O) groups is 3. The minimum absolute atomic E-state index is 0.0552. The van der Waals surface area contributed by atoms with Gasteiger partial charge in [-0.05, 0) is 54.4 Å². The van der Waals surface area contributed by atoms with Gasteiger partial charge in [0.1, 0.15) is 22.8 Å². The van der Waals surface area contributed by atoms with Gasteiger partial charge in [-0.3, -0.25) is 14.4 Å². The van der Waals surface area contributed by atoms with Gasteiger partial charge in [0.25, 0.3) is 0 Å². The van der Waals surface area contributed by atoms with E-state index >= 15 is 0 Å². The van der Waals surface area contributed by atoms with Crippen molar-refractivity contribution in [3.63, 3.8) is 0 Å². The number of allylic oxidation sites excluding steroid dienone is 4. The lowest BCUT2D eigenvalue weighted by Crippen LogP contribution is -2.72. The number of aromatic hydroxyl groups is 1. The molecule has 196 valence electrons. The average molecular weight is 507 g/mol. The molecule has 1 saturated carbocycles. The molecule has 2 aliphatic heterocycles. The summed E-state index contributed by atoms with van der Waals surface area (Å²) in [5.74, 6) is -1.86. The third-order valence-corrected chi connectivity index (χ3v) is 8.18. The fourth-order valence-corrected chi connectivity index (χ4v) is 6.70. The zero-order chi connectivity index (χ0) is 27.1. The zero-order valence-electron chi connectivity index (χ0n) is 22.5. The van der Waals surface area contributed by atoms with Crippen LogP contribution in [0.25, 0.3) is 0 Å². The summed E-state index contributed by atoms with van der Waals surface area (Å²) in [6.45, 7) is 12.9. The summed E-state index contributed by atoms with van der Waals surface area (Å²) in [7, 11) is 0. The molecule has 7 heteroatoms. The molecule has 6 rings (SSSR count). The summed E-state index contributed by atoms with van der Waals surface area (Å²) in [4.78, 5) is 40.3. The predicted octanol–water partition coefficient (Wildman–Crippen LogP) is 5.19. The molecule has 7 nitrogen and oxygen atoms in total. The Labute approximate surface area is 217 Å². The number of Topliss-reactive ketones (excluding diaryl/α,β-unsaturated/α-hetero) is 2. The summed E-state index contributed by atoms with van der Waals surface area (Å²) < 4.78 is 19.0. The van der Waals surface area contributed by atoms with Crippen molar-refractivity contribution in [2.24, 2.45) is 11.8 Å². The molecule has 4 atom stereocenters. The highest BCUT2D eigenvalue weighted by Gasteiger charge is 2.81. The minimum atomic E-state index is -1.39. The van der Waals surface area contributed by atoms with Crippen LogP contribution in [0.3, 0.4) is 0 Å². The van der Waals surface area contributed by atoms with Crippen molar-refractivity contribution in [3.05, 3.63) is 52.1 Å². The maximum Gasteiger partial charge on any atom is 0.308 e. The van der Waals surface area contributed by atoms with Gasteiger partial charge in [-0.25, -0.2) is 0 Å². The number of hydrogen-bond acceptors (Lipinski definition) is 7. The molecule has 5 aliphatic rings. The maximum absolute atomic E-state index is 14.3. The number of phenols is 1. The molecule has 3 unspecified atom stereocenters. The molecular formula is C30H34O7. The van der Waals surface area contributed by atoms with Gasteiger partial charge < -0.3 is 19.3 Å². The van der Waals surface area contributed by atoms with E-state index in [0.717, 1.165) is 11.1 Å². The van der Waals surface area contributed by atoms with Gasteiger partial charge in [-0.15, -0.1) is 0 Å². The highest BCUT2D eigenvalue weighted by atomic mass is 16.6. The number of rotatable bonds is 5. The lowest BCUT2D eigenvalue weighted by atomic mass is 9.51. The Morgan fingerprint density at radius 3 is 2.43 bits per heavy atom. The first kappa shape index (κ1) is 25.5. The zero-order valence-corrected chi connectivity index (χ0v) is 22.5. The highest BCUT2D eigenvalue weighted by Crippen LogP contribution is 2.68. The second-order valence-electron chi connectivity index (χ2n) is 11.7. The maximum atomic E-state index is 14.3. The number of fused-ring (bicyclic) bond motifs is 1. The third-order valence-electron chi connectivity index (χ3n) is 8.18. The van der Waals surface area contributed by atoms with E-state index in [4.69, 9.17) is 14.2 Å². The molecule has 1 aromatic carbocycles. The van der Waals surface area contributed by atoms with E-state index in [1.807, 2.05) is 53.7 Å². The molecule has 37 heavy (non-hydrogen) atoms. The number of phenolic OH excluding ortho intramolecular Hbond substituents is 1. The van der Waals surface area contributed by atoms with Gasteiger partial charge >= 0.3 is 5.97 Å². The molecule has 0 radical (unpaired) electrons. The Hall–Kier alpha value is -3.19. The molecule has 2 fully saturated rings. The first-order valence-corrected chi connectivity index (χ1v) is 12.8. The summed E-state index contributed by atoms with van der Waals surface area (Å²) in [5.41, 5.74) is -0.569. The van der Waals surface area contributed by atoms with Crippen LogP contribution in [-0.4, -0.2) is 39.4 Å². The quantitative estimate of drug-likeness (QED) is 0.333. The van der Waals surface area contributed by atoms with Crippen LogP contribution >= 0.6 is 0 Å². The molecule has 1 aromatic rings. The van der Waals surface area contributed by atoms with Crippen molar-refractivity contribution in [1.82, 2.24) is 0 Å². The van der Waals surface area contributed by atoms with Gasteiger partial charge in [0, 0.05) is 42.4 Å². The smallest absolute Gasteiger partial charge is 0.308 e. The topological polar surface area (TPSA) is 99.1 Å². The predicted molar refractivity (Wildman–Crippen MR) is 137 cm³/mol. The summed E-state index contributed by atoms with van der Waals surface area (Å²) in [6.07, 6.45) is 6.69. The van der Waals surface area contributed by atoms with Crippen molar-refractivity contribution in [2.75, 3.05) is 0 Å². The molecule has 1 N–H and O–H groups in total. The fraction of sp³-hybridized carbons (Fsp3) is 0.500. The Morgan fingerprint density at radius 2 is 1.81 bits per heavy atom. The monoisotopic (exact) mass is 506 g/mol. The second-order valence-corrected chi connectivity index (χ2v) is 11.7. The van der Waals surface area contributed by atoms with E-state index in [1.165, 1.54) is 13.0 Å². The first-order valence-electron chi connectivity index (χ1n) is 12.8. The van der Waals surface area contributed by atoms with Crippen molar-refractivity contribution in [2.45, 2.75) is 84.5 Å². The number of ketones is 2. The van der Waals surface area contributed by atoms with Gasteiger partial charge in [-0.2, -0.15) is 0 Å². The Balaban J connectivity index is 1.83. The number of hydrogen-bond donors (Lipinski definition) is 1. The highest BCUT2D eigenvalue weighted by molar-refractivity contribution is 6.18. The van der Waals surface area contributed by atoms with E-state index in [0.29, 0.717) is 24.0 Å². The number of ether oxygens (including phenoxy) is 3. The number of benzene rings is 1. The SMILES string of the molecule is CC(=O)Oc1cc(O)c(CC=C(C)C)c2c1C(=O)C1=CC3C[C@H]4C(C)(C)OC(CC=C(C)C)(C3=O)C14O2. The van der Waals surface area contributed by atoms with Gasteiger partial charge in [-0.1, -0.05) is 29.4 Å². The standard InChI is InChI=1S/C30H34O7/c1-15(2)8-9-19-21(32)14-22(35-17(5)31)24-25(33)20-12-18-13-23-28(6,7)37-29(27(18)34,11-10-16(3)4)30(20,23)36-26(19)24/h8,10,12,14,18,23,32H,9,11,13H2,1-7H3/t18?,23-,29?,30?/m0/s1. The normalized spacial score (nSPS) is 30.1. The molecule has 1 spiro atoms. The average Bonchev–Trinajstić information content (AvgIpc) is 2.94. The van der Waals surface area contributed by atoms with Crippen molar-refractivity contribution < 1.29 is 33.7 Å². The van der Waals surface area contributed by atoms with Crippen LogP contribution in [-0.2, 0) is 20.7 Å². The van der Waals surface area contributed by atoms with Gasteiger partial charge in [0.15, 0.2) is 22.8 Å². The number of carbonyl (C=O) groups excluding carboxylic acids is 3. The molecule has 1 saturated heterocycles. The van der Waals surface area contributed by atoms with Crippen LogP contribution in [0.1, 0.15) is 77.2 Å². The minimum Gasteiger partial charge on any atom is -0.507 e. The van der Waals surface area contributed by atoms with E-state index in [9.17, 15) is 19.5 Å². The number of esters is 1. The van der Waals surface area contributed by atoms with Crippen LogP contribution < -0.4 is 9.47 Å². The largest absolute Gasteiger partial charge is 0.507 e. The molecule has 0 aromatic heterocycles.